The topological polar surface area (TPSA) is 24.9 Å². The molecule has 4 rings (SSSR count). The van der Waals surface area contributed by atoms with Crippen molar-refractivity contribution in [3.8, 4) is 5.75 Å². The number of halogens is 2. The number of ether oxygens (including phenoxy) is 2. The summed E-state index contributed by atoms with van der Waals surface area (Å²) in [6.45, 7) is 7.78. The van der Waals surface area contributed by atoms with Crippen LogP contribution in [0.4, 0.5) is 5.69 Å². The Hall–Kier alpha value is -1.46. The molecule has 0 spiro atoms. The van der Waals surface area contributed by atoms with E-state index < -0.39 is 0 Å². The van der Waals surface area contributed by atoms with Crippen molar-refractivity contribution in [1.82, 2.24) is 4.90 Å². The van der Waals surface area contributed by atoms with Crippen LogP contribution in [0.1, 0.15) is 16.7 Å². The van der Waals surface area contributed by atoms with Gasteiger partial charge in [0.05, 0.1) is 6.61 Å². The third-order valence-electron chi connectivity index (χ3n) is 5.03. The minimum Gasteiger partial charge on any atom is -0.467 e. The average molecular weight is 393 g/mol. The first kappa shape index (κ1) is 17.9. The van der Waals surface area contributed by atoms with Crippen LogP contribution in [0.25, 0.3) is 0 Å². The van der Waals surface area contributed by atoms with E-state index in [-0.39, 0.29) is 0 Å². The van der Waals surface area contributed by atoms with Gasteiger partial charge in [0, 0.05) is 59.6 Å². The third kappa shape index (κ3) is 3.79. The summed E-state index contributed by atoms with van der Waals surface area (Å²) in [6, 6.07) is 10.0. The highest BCUT2D eigenvalue weighted by Gasteiger charge is 2.22. The quantitative estimate of drug-likeness (QED) is 0.767. The molecule has 0 bridgehead atoms. The van der Waals surface area contributed by atoms with E-state index in [1.165, 1.54) is 11.3 Å². The maximum Gasteiger partial charge on any atom is 0.189 e. The van der Waals surface area contributed by atoms with E-state index in [0.717, 1.165) is 59.6 Å². The molecule has 4 nitrogen and oxygen atoms in total. The lowest BCUT2D eigenvalue weighted by molar-refractivity contribution is -0.0174. The van der Waals surface area contributed by atoms with Crippen molar-refractivity contribution in [3.63, 3.8) is 0 Å². The summed E-state index contributed by atoms with van der Waals surface area (Å²) in [5.74, 6) is 0.939. The Morgan fingerprint density at radius 1 is 1.00 bits per heavy atom. The number of aryl methyl sites for hydroxylation is 1. The maximum atomic E-state index is 6.28. The molecule has 0 aliphatic carbocycles. The van der Waals surface area contributed by atoms with Crippen molar-refractivity contribution < 1.29 is 9.47 Å². The molecular weight excluding hydrogens is 371 g/mol. The van der Waals surface area contributed by atoms with E-state index in [0.29, 0.717) is 13.4 Å². The highest BCUT2D eigenvalue weighted by Crippen LogP contribution is 2.33. The smallest absolute Gasteiger partial charge is 0.189 e. The van der Waals surface area contributed by atoms with Crippen LogP contribution in [0.15, 0.2) is 30.3 Å². The fourth-order valence-corrected chi connectivity index (χ4v) is 4.11. The number of nitrogens with zero attached hydrogens (tertiary/aromatic N) is 2. The summed E-state index contributed by atoms with van der Waals surface area (Å²) in [7, 11) is 0. The monoisotopic (exact) mass is 392 g/mol. The Bertz CT molecular complexity index is 805. The van der Waals surface area contributed by atoms with Crippen LogP contribution < -0.4 is 9.64 Å². The maximum absolute atomic E-state index is 6.28. The summed E-state index contributed by atoms with van der Waals surface area (Å²) in [5, 5.41) is 1.53. The minimum absolute atomic E-state index is 0.309. The van der Waals surface area contributed by atoms with Crippen molar-refractivity contribution in [2.45, 2.75) is 20.1 Å². The van der Waals surface area contributed by atoms with Gasteiger partial charge in [-0.3, -0.25) is 4.90 Å². The second-order valence-electron chi connectivity index (χ2n) is 6.86. The first-order valence-electron chi connectivity index (χ1n) is 8.85. The Morgan fingerprint density at radius 3 is 2.62 bits per heavy atom. The number of hydrogen-bond donors (Lipinski definition) is 0. The van der Waals surface area contributed by atoms with Gasteiger partial charge in [-0.15, -0.1) is 0 Å². The van der Waals surface area contributed by atoms with Crippen molar-refractivity contribution in [1.29, 1.82) is 0 Å². The van der Waals surface area contributed by atoms with Crippen molar-refractivity contribution in [2.75, 3.05) is 37.9 Å². The van der Waals surface area contributed by atoms with E-state index in [2.05, 4.69) is 28.9 Å². The van der Waals surface area contributed by atoms with Gasteiger partial charge >= 0.3 is 0 Å². The Kier molecular flexibility index (Phi) is 5.28. The standard InChI is InChI=1S/C20H22Cl2N2O2/c1-14-2-3-17(21)10-19(14)24-6-4-23(5-7-24)11-15-8-18(22)9-16-12-25-13-26-20(15)16/h2-3,8-10H,4-7,11-13H2,1H3. The number of fused-ring (bicyclic) bond motifs is 1. The molecule has 0 N–H and O–H groups in total. The fourth-order valence-electron chi connectivity index (χ4n) is 3.69. The molecule has 0 amide bonds. The molecule has 2 aromatic carbocycles. The van der Waals surface area contributed by atoms with Gasteiger partial charge in [0.2, 0.25) is 0 Å². The van der Waals surface area contributed by atoms with E-state index in [9.17, 15) is 0 Å². The lowest BCUT2D eigenvalue weighted by atomic mass is 10.1. The molecule has 1 saturated heterocycles. The van der Waals surface area contributed by atoms with E-state index in [4.69, 9.17) is 32.7 Å². The zero-order chi connectivity index (χ0) is 18.1. The van der Waals surface area contributed by atoms with Crippen molar-refractivity contribution in [3.05, 3.63) is 57.1 Å². The highest BCUT2D eigenvalue weighted by molar-refractivity contribution is 6.31. The summed E-state index contributed by atoms with van der Waals surface area (Å²) in [4.78, 5) is 4.86. The molecule has 0 radical (unpaired) electrons. The number of anilines is 1. The van der Waals surface area contributed by atoms with Crippen LogP contribution >= 0.6 is 23.2 Å². The number of piperazine rings is 1. The predicted octanol–water partition coefficient (Wildman–Crippen LogP) is 4.49. The van der Waals surface area contributed by atoms with Gasteiger partial charge in [-0.25, -0.2) is 0 Å². The van der Waals surface area contributed by atoms with Crippen molar-refractivity contribution >= 4 is 28.9 Å². The lowest BCUT2D eigenvalue weighted by Gasteiger charge is -2.37. The van der Waals surface area contributed by atoms with Crippen LogP contribution in [-0.2, 0) is 17.9 Å². The second-order valence-corrected chi connectivity index (χ2v) is 7.73. The molecule has 2 heterocycles. The first-order valence-corrected chi connectivity index (χ1v) is 9.61. The molecule has 138 valence electrons. The zero-order valence-corrected chi connectivity index (χ0v) is 16.3. The van der Waals surface area contributed by atoms with Gasteiger partial charge in [0.15, 0.2) is 6.79 Å². The van der Waals surface area contributed by atoms with E-state index in [1.807, 2.05) is 18.2 Å². The Balaban J connectivity index is 1.45. The molecule has 0 aromatic heterocycles. The summed E-state index contributed by atoms with van der Waals surface area (Å²) >= 11 is 12.5. The molecule has 0 atom stereocenters. The van der Waals surface area contributed by atoms with Gasteiger partial charge in [0.25, 0.3) is 0 Å². The first-order chi connectivity index (χ1) is 12.6. The van der Waals surface area contributed by atoms with Crippen LogP contribution in [0.5, 0.6) is 5.75 Å². The number of benzene rings is 2. The fraction of sp³-hybridized carbons (Fsp3) is 0.400. The minimum atomic E-state index is 0.309. The van der Waals surface area contributed by atoms with Crippen LogP contribution in [0.2, 0.25) is 10.0 Å². The third-order valence-corrected chi connectivity index (χ3v) is 5.48. The molecule has 2 aromatic rings. The predicted molar refractivity (Wildman–Crippen MR) is 105 cm³/mol. The summed E-state index contributed by atoms with van der Waals surface area (Å²) < 4.78 is 11.1. The molecule has 2 aliphatic rings. The summed E-state index contributed by atoms with van der Waals surface area (Å²) in [5.41, 5.74) is 4.67. The van der Waals surface area contributed by atoms with Gasteiger partial charge in [-0.05, 0) is 36.8 Å². The highest BCUT2D eigenvalue weighted by atomic mass is 35.5. The molecule has 26 heavy (non-hydrogen) atoms. The largest absolute Gasteiger partial charge is 0.467 e. The van der Waals surface area contributed by atoms with Crippen LogP contribution in [0, 0.1) is 6.92 Å². The average Bonchev–Trinajstić information content (AvgIpc) is 2.64. The van der Waals surface area contributed by atoms with Gasteiger partial charge in [-0.1, -0.05) is 29.3 Å². The van der Waals surface area contributed by atoms with Gasteiger partial charge < -0.3 is 14.4 Å². The second kappa shape index (κ2) is 7.65. The summed E-state index contributed by atoms with van der Waals surface area (Å²) in [6.07, 6.45) is 0. The van der Waals surface area contributed by atoms with Gasteiger partial charge in [0.1, 0.15) is 5.75 Å². The number of rotatable bonds is 3. The Morgan fingerprint density at radius 2 is 1.81 bits per heavy atom. The molecule has 1 fully saturated rings. The molecule has 0 saturated carbocycles. The van der Waals surface area contributed by atoms with Crippen LogP contribution in [-0.4, -0.2) is 37.9 Å². The molecular formula is C20H22Cl2N2O2. The zero-order valence-electron chi connectivity index (χ0n) is 14.8. The Labute approximate surface area is 164 Å². The van der Waals surface area contributed by atoms with Crippen molar-refractivity contribution in [2.24, 2.45) is 0 Å². The normalized spacial score (nSPS) is 17.7. The number of hydrogen-bond acceptors (Lipinski definition) is 4. The SMILES string of the molecule is Cc1ccc(Cl)cc1N1CCN(Cc2cc(Cl)cc3c2OCOC3)CC1. The molecule has 0 unspecified atom stereocenters. The lowest BCUT2D eigenvalue weighted by Crippen LogP contribution is -2.46. The molecule has 2 aliphatic heterocycles. The van der Waals surface area contributed by atoms with E-state index in [1.54, 1.807) is 0 Å². The molecule has 6 heteroatoms. The van der Waals surface area contributed by atoms with E-state index >= 15 is 0 Å². The van der Waals surface area contributed by atoms with Crippen LogP contribution in [0.3, 0.4) is 0 Å². The van der Waals surface area contributed by atoms with Gasteiger partial charge in [-0.2, -0.15) is 0 Å².